The highest BCUT2D eigenvalue weighted by atomic mass is 14.9. The third kappa shape index (κ3) is 4.32. The molecule has 2 N–H and O–H groups in total. The van der Waals surface area contributed by atoms with Crippen molar-refractivity contribution in [3.63, 3.8) is 0 Å². The molecule has 0 amide bonds. The van der Waals surface area contributed by atoms with Gasteiger partial charge in [0.1, 0.15) is 5.82 Å². The molecule has 0 aromatic carbocycles. The van der Waals surface area contributed by atoms with E-state index in [2.05, 4.69) is 63.6 Å². The second-order valence-corrected chi connectivity index (χ2v) is 5.94. The van der Waals surface area contributed by atoms with Crippen molar-refractivity contribution in [1.82, 2.24) is 0 Å². The smallest absolute Gasteiger partial charge is 0.126 e. The van der Waals surface area contributed by atoms with Crippen molar-refractivity contribution in [2.45, 2.75) is 47.5 Å². The fraction of sp³-hybridized carbons (Fsp3) is 0.421. The molecule has 1 unspecified atom stereocenters. The highest BCUT2D eigenvalue weighted by Gasteiger charge is 2.20. The van der Waals surface area contributed by atoms with Crippen molar-refractivity contribution < 1.29 is 0 Å². The number of nitrogens with zero attached hydrogens (tertiary/aromatic N) is 1. The molecule has 114 valence electrons. The molecular formula is C19H28N2. The second-order valence-electron chi connectivity index (χ2n) is 5.94. The average molecular weight is 284 g/mol. The number of allylic oxidation sites excluding steroid dienone is 8. The van der Waals surface area contributed by atoms with Gasteiger partial charge in [-0.25, -0.2) is 4.99 Å². The number of unbranched alkanes of at least 4 members (excludes halogenated alkanes) is 1. The van der Waals surface area contributed by atoms with Crippen molar-refractivity contribution in [3.05, 3.63) is 59.0 Å². The standard InChI is InChI=1S/C19H28N2/c1-7-8-13-21-18(20)16(5)17-10-12-19(6,14(2)3)11-9-15(17)4/h9-13H,2,7-8,20H2,1,3-6H3/b18-16-,21-13?. The number of rotatable bonds is 5. The third-order valence-electron chi connectivity index (χ3n) is 4.06. The van der Waals surface area contributed by atoms with Gasteiger partial charge in [0, 0.05) is 11.6 Å². The molecule has 0 saturated carbocycles. The van der Waals surface area contributed by atoms with Crippen LogP contribution in [0.2, 0.25) is 0 Å². The molecule has 2 nitrogen and oxygen atoms in total. The quantitative estimate of drug-likeness (QED) is 0.555. The molecule has 2 heteroatoms. The third-order valence-corrected chi connectivity index (χ3v) is 4.06. The maximum atomic E-state index is 6.10. The van der Waals surface area contributed by atoms with Crippen LogP contribution in [-0.4, -0.2) is 6.21 Å². The monoisotopic (exact) mass is 284 g/mol. The van der Waals surface area contributed by atoms with Crippen LogP contribution in [0.3, 0.4) is 0 Å². The zero-order valence-corrected chi connectivity index (χ0v) is 14.0. The summed E-state index contributed by atoms with van der Waals surface area (Å²) >= 11 is 0. The van der Waals surface area contributed by atoms with E-state index in [0.717, 1.165) is 29.6 Å². The molecule has 1 aliphatic rings. The van der Waals surface area contributed by atoms with E-state index < -0.39 is 0 Å². The van der Waals surface area contributed by atoms with Crippen LogP contribution in [0.25, 0.3) is 0 Å². The second kappa shape index (κ2) is 7.26. The van der Waals surface area contributed by atoms with Gasteiger partial charge in [-0.1, -0.05) is 49.8 Å². The molecule has 1 rings (SSSR count). The molecule has 0 saturated heterocycles. The van der Waals surface area contributed by atoms with Gasteiger partial charge in [0.05, 0.1) is 0 Å². The van der Waals surface area contributed by atoms with Gasteiger partial charge in [0.25, 0.3) is 0 Å². The van der Waals surface area contributed by atoms with Crippen LogP contribution in [0.15, 0.2) is 64.0 Å². The lowest BCUT2D eigenvalue weighted by Gasteiger charge is -2.21. The van der Waals surface area contributed by atoms with Crippen LogP contribution in [0.4, 0.5) is 0 Å². The summed E-state index contributed by atoms with van der Waals surface area (Å²) < 4.78 is 0. The molecule has 0 radical (unpaired) electrons. The van der Waals surface area contributed by atoms with E-state index in [1.165, 1.54) is 5.57 Å². The van der Waals surface area contributed by atoms with E-state index in [-0.39, 0.29) is 5.41 Å². The van der Waals surface area contributed by atoms with Crippen LogP contribution in [0.5, 0.6) is 0 Å². The Labute approximate surface area is 129 Å². The fourth-order valence-corrected chi connectivity index (χ4v) is 2.06. The molecule has 0 bridgehead atoms. The average Bonchev–Trinajstić information content (AvgIpc) is 2.59. The van der Waals surface area contributed by atoms with Crippen molar-refractivity contribution in [3.8, 4) is 0 Å². The molecule has 1 aliphatic carbocycles. The first-order valence-electron chi connectivity index (χ1n) is 7.56. The number of aliphatic imine (C=N–C) groups is 1. The summed E-state index contributed by atoms with van der Waals surface area (Å²) in [6.45, 7) is 14.6. The molecule has 0 aliphatic heterocycles. The van der Waals surface area contributed by atoms with E-state index in [9.17, 15) is 0 Å². The zero-order valence-electron chi connectivity index (χ0n) is 14.0. The van der Waals surface area contributed by atoms with Gasteiger partial charge in [0.2, 0.25) is 0 Å². The zero-order chi connectivity index (χ0) is 16.0. The minimum absolute atomic E-state index is 0.108. The predicted molar refractivity (Wildman–Crippen MR) is 94.2 cm³/mol. The topological polar surface area (TPSA) is 38.4 Å². The lowest BCUT2D eigenvalue weighted by molar-refractivity contribution is 0.666. The van der Waals surface area contributed by atoms with Crippen molar-refractivity contribution in [2.75, 3.05) is 0 Å². The van der Waals surface area contributed by atoms with E-state index in [1.807, 2.05) is 13.1 Å². The number of hydrogen-bond acceptors (Lipinski definition) is 2. The Morgan fingerprint density at radius 1 is 1.33 bits per heavy atom. The lowest BCUT2D eigenvalue weighted by Crippen LogP contribution is -2.09. The van der Waals surface area contributed by atoms with Gasteiger partial charge in [0.15, 0.2) is 0 Å². The molecule has 1 atom stereocenters. The Hall–Kier alpha value is -1.83. The molecule has 0 aromatic heterocycles. The van der Waals surface area contributed by atoms with Gasteiger partial charge in [-0.3, -0.25) is 0 Å². The van der Waals surface area contributed by atoms with Crippen LogP contribution in [0.1, 0.15) is 47.5 Å². The first kappa shape index (κ1) is 17.2. The largest absolute Gasteiger partial charge is 0.383 e. The maximum Gasteiger partial charge on any atom is 0.126 e. The van der Waals surface area contributed by atoms with Crippen LogP contribution < -0.4 is 5.73 Å². The Morgan fingerprint density at radius 3 is 2.52 bits per heavy atom. The summed E-state index contributed by atoms with van der Waals surface area (Å²) in [5.74, 6) is 0.592. The van der Waals surface area contributed by atoms with Gasteiger partial charge in [-0.05, 0) is 50.8 Å². The van der Waals surface area contributed by atoms with Crippen LogP contribution in [-0.2, 0) is 0 Å². The molecule has 0 spiro atoms. The summed E-state index contributed by atoms with van der Waals surface area (Å²) in [7, 11) is 0. The van der Waals surface area contributed by atoms with Crippen LogP contribution in [0, 0.1) is 5.41 Å². The summed E-state index contributed by atoms with van der Waals surface area (Å²) in [4.78, 5) is 4.35. The normalized spacial score (nSPS) is 23.5. The summed E-state index contributed by atoms with van der Waals surface area (Å²) in [6.07, 6.45) is 12.6. The summed E-state index contributed by atoms with van der Waals surface area (Å²) in [6, 6.07) is 0. The van der Waals surface area contributed by atoms with E-state index in [0.29, 0.717) is 5.82 Å². The van der Waals surface area contributed by atoms with Crippen molar-refractivity contribution >= 4 is 6.21 Å². The minimum Gasteiger partial charge on any atom is -0.383 e. The highest BCUT2D eigenvalue weighted by Crippen LogP contribution is 2.34. The molecular weight excluding hydrogens is 256 g/mol. The number of nitrogens with two attached hydrogens (primary N) is 1. The van der Waals surface area contributed by atoms with Gasteiger partial charge in [-0.2, -0.15) is 0 Å². The van der Waals surface area contributed by atoms with E-state index >= 15 is 0 Å². The van der Waals surface area contributed by atoms with Crippen molar-refractivity contribution in [1.29, 1.82) is 0 Å². The molecule has 21 heavy (non-hydrogen) atoms. The summed E-state index contributed by atoms with van der Waals surface area (Å²) in [5, 5.41) is 0. The lowest BCUT2D eigenvalue weighted by atomic mass is 9.83. The van der Waals surface area contributed by atoms with Crippen molar-refractivity contribution in [2.24, 2.45) is 16.1 Å². The van der Waals surface area contributed by atoms with Gasteiger partial charge < -0.3 is 5.73 Å². The Kier molecular flexibility index (Phi) is 5.95. The van der Waals surface area contributed by atoms with Gasteiger partial charge in [-0.15, -0.1) is 0 Å². The highest BCUT2D eigenvalue weighted by molar-refractivity contribution is 5.60. The van der Waals surface area contributed by atoms with E-state index in [1.54, 1.807) is 0 Å². The SMILES string of the molecule is C=C(C)C1(C)C=CC(C)=C(/C(C)=C(/N)N=CCCC)C=C1. The molecule has 0 aromatic rings. The van der Waals surface area contributed by atoms with E-state index in [4.69, 9.17) is 5.73 Å². The number of hydrogen-bond donors (Lipinski definition) is 1. The molecule has 0 heterocycles. The minimum atomic E-state index is -0.108. The Morgan fingerprint density at radius 2 is 1.95 bits per heavy atom. The Balaban J connectivity index is 3.16. The van der Waals surface area contributed by atoms with Gasteiger partial charge >= 0.3 is 0 Å². The van der Waals surface area contributed by atoms with Crippen LogP contribution >= 0.6 is 0 Å². The fourth-order valence-electron chi connectivity index (χ4n) is 2.06. The maximum absolute atomic E-state index is 6.10. The first-order chi connectivity index (χ1) is 9.81. The molecule has 0 fully saturated rings. The summed E-state index contributed by atoms with van der Waals surface area (Å²) in [5.41, 5.74) is 10.5. The Bertz CT molecular complexity index is 556. The predicted octanol–water partition coefficient (Wildman–Crippen LogP) is 5.07. The first-order valence-corrected chi connectivity index (χ1v) is 7.56.